The Bertz CT molecular complexity index is 972. The molecule has 0 fully saturated rings. The van der Waals surface area contributed by atoms with E-state index in [-0.39, 0.29) is 5.82 Å². The van der Waals surface area contributed by atoms with Crippen LogP contribution in [0, 0.1) is 12.7 Å². The van der Waals surface area contributed by atoms with Crippen molar-refractivity contribution in [2.75, 3.05) is 0 Å². The van der Waals surface area contributed by atoms with Crippen molar-refractivity contribution in [2.45, 2.75) is 6.92 Å². The van der Waals surface area contributed by atoms with Crippen LogP contribution in [0.1, 0.15) is 5.56 Å². The number of hydrogen-bond donors (Lipinski definition) is 1. The molecule has 1 N–H and O–H groups in total. The van der Waals surface area contributed by atoms with Gasteiger partial charge in [0.25, 0.3) is 0 Å². The number of pyridine rings is 1. The summed E-state index contributed by atoms with van der Waals surface area (Å²) in [4.78, 5) is 13.4. The van der Waals surface area contributed by atoms with Crippen LogP contribution in [0.25, 0.3) is 33.2 Å². The average molecular weight is 335 g/mol. The molecule has 4 aromatic rings. The molecular weight excluding hydrogens is 321 g/mol. The van der Waals surface area contributed by atoms with Crippen LogP contribution in [0.4, 0.5) is 4.39 Å². The standard InChI is InChI=1S/C19H14FN3S/c1-12-8-11-24-18(12)19-22-16(13-2-4-15(20)5-3-13)17(23-19)14-6-9-21-10-7-14/h2-11H,1H3,(H,22,23). The fourth-order valence-corrected chi connectivity index (χ4v) is 3.51. The molecule has 5 heteroatoms. The maximum atomic E-state index is 13.3. The first kappa shape index (κ1) is 14.8. The quantitative estimate of drug-likeness (QED) is 0.551. The summed E-state index contributed by atoms with van der Waals surface area (Å²) in [5.74, 6) is 0.572. The van der Waals surface area contributed by atoms with Gasteiger partial charge in [-0.1, -0.05) is 0 Å². The lowest BCUT2D eigenvalue weighted by Crippen LogP contribution is -1.84. The molecule has 0 radical (unpaired) electrons. The van der Waals surface area contributed by atoms with E-state index in [2.05, 4.69) is 28.3 Å². The lowest BCUT2D eigenvalue weighted by atomic mass is 10.1. The zero-order valence-electron chi connectivity index (χ0n) is 13.0. The highest BCUT2D eigenvalue weighted by Crippen LogP contribution is 2.35. The summed E-state index contributed by atoms with van der Waals surface area (Å²) < 4.78 is 13.3. The summed E-state index contributed by atoms with van der Waals surface area (Å²) in [5, 5.41) is 2.05. The molecule has 24 heavy (non-hydrogen) atoms. The number of thiophene rings is 1. The van der Waals surface area contributed by atoms with E-state index < -0.39 is 0 Å². The molecule has 0 amide bonds. The van der Waals surface area contributed by atoms with Gasteiger partial charge in [-0.3, -0.25) is 4.98 Å². The van der Waals surface area contributed by atoms with E-state index in [1.807, 2.05) is 12.1 Å². The van der Waals surface area contributed by atoms with Crippen LogP contribution in [0.2, 0.25) is 0 Å². The molecule has 3 nitrogen and oxygen atoms in total. The van der Waals surface area contributed by atoms with Crippen molar-refractivity contribution in [2.24, 2.45) is 0 Å². The average Bonchev–Trinajstić information content (AvgIpc) is 3.22. The second kappa shape index (κ2) is 6.02. The predicted octanol–water partition coefficient (Wildman–Crippen LogP) is 5.31. The molecule has 0 aliphatic carbocycles. The first-order valence-corrected chi connectivity index (χ1v) is 8.41. The second-order valence-electron chi connectivity index (χ2n) is 5.48. The van der Waals surface area contributed by atoms with Crippen LogP contribution in [-0.4, -0.2) is 15.0 Å². The molecule has 1 aromatic carbocycles. The van der Waals surface area contributed by atoms with Crippen molar-refractivity contribution >= 4 is 11.3 Å². The second-order valence-corrected chi connectivity index (χ2v) is 6.40. The van der Waals surface area contributed by atoms with E-state index in [4.69, 9.17) is 4.98 Å². The molecular formula is C19H14FN3S. The third-order valence-corrected chi connectivity index (χ3v) is 4.89. The predicted molar refractivity (Wildman–Crippen MR) is 95.3 cm³/mol. The number of benzene rings is 1. The third kappa shape index (κ3) is 2.63. The summed E-state index contributed by atoms with van der Waals surface area (Å²) in [6, 6.07) is 12.4. The minimum atomic E-state index is -0.255. The van der Waals surface area contributed by atoms with Crippen LogP contribution in [0.15, 0.2) is 60.2 Å². The summed E-state index contributed by atoms with van der Waals surface area (Å²) in [5.41, 5.74) is 4.77. The van der Waals surface area contributed by atoms with Gasteiger partial charge in [-0.05, 0) is 60.3 Å². The number of aromatic amines is 1. The Morgan fingerprint density at radius 1 is 0.958 bits per heavy atom. The monoisotopic (exact) mass is 335 g/mol. The van der Waals surface area contributed by atoms with Gasteiger partial charge in [-0.2, -0.15) is 0 Å². The highest BCUT2D eigenvalue weighted by molar-refractivity contribution is 7.13. The largest absolute Gasteiger partial charge is 0.337 e. The molecule has 0 saturated carbocycles. The Balaban J connectivity index is 1.92. The van der Waals surface area contributed by atoms with Crippen molar-refractivity contribution in [1.82, 2.24) is 15.0 Å². The molecule has 0 atom stereocenters. The first-order valence-electron chi connectivity index (χ1n) is 7.53. The number of H-pyrrole nitrogens is 1. The number of nitrogens with zero attached hydrogens (tertiary/aromatic N) is 2. The molecule has 0 aliphatic rings. The normalized spacial score (nSPS) is 10.9. The Kier molecular flexibility index (Phi) is 3.70. The lowest BCUT2D eigenvalue weighted by molar-refractivity contribution is 0.628. The fraction of sp³-hybridized carbons (Fsp3) is 0.0526. The molecule has 3 heterocycles. The first-order chi connectivity index (χ1) is 11.7. The van der Waals surface area contributed by atoms with Gasteiger partial charge in [0.2, 0.25) is 0 Å². The Morgan fingerprint density at radius 2 is 1.71 bits per heavy atom. The van der Waals surface area contributed by atoms with Crippen LogP contribution in [0.3, 0.4) is 0 Å². The van der Waals surface area contributed by atoms with E-state index in [9.17, 15) is 4.39 Å². The number of hydrogen-bond acceptors (Lipinski definition) is 3. The van der Waals surface area contributed by atoms with Crippen molar-refractivity contribution in [3.8, 4) is 33.2 Å². The maximum absolute atomic E-state index is 13.3. The summed E-state index contributed by atoms with van der Waals surface area (Å²) >= 11 is 1.65. The fourth-order valence-electron chi connectivity index (χ4n) is 2.64. The molecule has 0 spiro atoms. The molecule has 4 rings (SSSR count). The van der Waals surface area contributed by atoms with Crippen molar-refractivity contribution in [3.05, 3.63) is 71.6 Å². The molecule has 0 aliphatic heterocycles. The minimum Gasteiger partial charge on any atom is -0.337 e. The van der Waals surface area contributed by atoms with Crippen molar-refractivity contribution < 1.29 is 4.39 Å². The highest BCUT2D eigenvalue weighted by atomic mass is 32.1. The highest BCUT2D eigenvalue weighted by Gasteiger charge is 2.16. The Labute approximate surface area is 142 Å². The van der Waals surface area contributed by atoms with Gasteiger partial charge >= 0.3 is 0 Å². The van der Waals surface area contributed by atoms with Crippen LogP contribution in [-0.2, 0) is 0 Å². The van der Waals surface area contributed by atoms with Gasteiger partial charge in [-0.15, -0.1) is 11.3 Å². The number of rotatable bonds is 3. The Hall–Kier alpha value is -2.79. The number of aromatic nitrogens is 3. The van der Waals surface area contributed by atoms with Gasteiger partial charge in [0, 0.05) is 23.5 Å². The summed E-state index contributed by atoms with van der Waals surface area (Å²) in [6.45, 7) is 2.07. The maximum Gasteiger partial charge on any atom is 0.148 e. The van der Waals surface area contributed by atoms with Gasteiger partial charge in [0.1, 0.15) is 11.6 Å². The summed E-state index contributed by atoms with van der Waals surface area (Å²) in [6.07, 6.45) is 3.50. The number of aryl methyl sites for hydroxylation is 1. The molecule has 0 unspecified atom stereocenters. The van der Waals surface area contributed by atoms with Gasteiger partial charge in [-0.25, -0.2) is 9.37 Å². The third-order valence-electron chi connectivity index (χ3n) is 3.87. The number of imidazole rings is 1. The van der Waals surface area contributed by atoms with Crippen LogP contribution < -0.4 is 0 Å². The SMILES string of the molecule is Cc1ccsc1-c1nc(-c2ccc(F)cc2)c(-c2ccncc2)[nH]1. The molecule has 118 valence electrons. The molecule has 0 saturated heterocycles. The smallest absolute Gasteiger partial charge is 0.148 e. The number of halogens is 1. The lowest BCUT2D eigenvalue weighted by Gasteiger charge is -2.02. The van der Waals surface area contributed by atoms with E-state index in [1.165, 1.54) is 17.7 Å². The molecule has 0 bridgehead atoms. The van der Waals surface area contributed by atoms with Gasteiger partial charge < -0.3 is 4.98 Å². The minimum absolute atomic E-state index is 0.255. The van der Waals surface area contributed by atoms with Crippen molar-refractivity contribution in [1.29, 1.82) is 0 Å². The van der Waals surface area contributed by atoms with Crippen molar-refractivity contribution in [3.63, 3.8) is 0 Å². The zero-order valence-corrected chi connectivity index (χ0v) is 13.8. The van der Waals surface area contributed by atoms with Gasteiger partial charge in [0.15, 0.2) is 0 Å². The molecule has 3 aromatic heterocycles. The van der Waals surface area contributed by atoms with E-state index in [1.54, 1.807) is 35.9 Å². The summed E-state index contributed by atoms with van der Waals surface area (Å²) in [7, 11) is 0. The Morgan fingerprint density at radius 3 is 2.38 bits per heavy atom. The van der Waals surface area contributed by atoms with E-state index in [0.717, 1.165) is 33.2 Å². The van der Waals surface area contributed by atoms with Crippen LogP contribution >= 0.6 is 11.3 Å². The number of nitrogens with one attached hydrogen (secondary N) is 1. The zero-order chi connectivity index (χ0) is 16.5. The van der Waals surface area contributed by atoms with E-state index in [0.29, 0.717) is 0 Å². The van der Waals surface area contributed by atoms with Crippen LogP contribution in [0.5, 0.6) is 0 Å². The van der Waals surface area contributed by atoms with E-state index >= 15 is 0 Å². The topological polar surface area (TPSA) is 41.6 Å². The van der Waals surface area contributed by atoms with Gasteiger partial charge in [0.05, 0.1) is 16.3 Å².